The molecule has 1 aliphatic carbocycles. The quantitative estimate of drug-likeness (QED) is 0.580. The number of benzene rings is 2. The van der Waals surface area contributed by atoms with Crippen LogP contribution in [0.25, 0.3) is 0 Å². The molecule has 1 aliphatic rings. The number of amides is 1. The molecule has 0 radical (unpaired) electrons. The Morgan fingerprint density at radius 2 is 1.56 bits per heavy atom. The van der Waals surface area contributed by atoms with Crippen molar-refractivity contribution in [2.45, 2.75) is 42.2 Å². The fourth-order valence-corrected chi connectivity index (χ4v) is 5.26. The summed E-state index contributed by atoms with van der Waals surface area (Å²) in [6, 6.07) is 15.8. The van der Waals surface area contributed by atoms with E-state index in [1.54, 1.807) is 29.7 Å². The third kappa shape index (κ3) is 4.87. The normalized spacial score (nSPS) is 20.0. The van der Waals surface area contributed by atoms with Gasteiger partial charge in [0.15, 0.2) is 9.84 Å². The molecule has 1 amide bonds. The molecule has 1 fully saturated rings. The highest BCUT2D eigenvalue weighted by molar-refractivity contribution is 7.92. The minimum atomic E-state index is -3.41. The molecule has 0 unspecified atom stereocenters. The summed E-state index contributed by atoms with van der Waals surface area (Å²) in [6.45, 7) is 0. The van der Waals surface area contributed by atoms with E-state index in [0.29, 0.717) is 42.1 Å². The highest BCUT2D eigenvalue weighted by atomic mass is 32.2. The fraction of sp³-hybridized carbons (Fsp3) is 0.350. The molecule has 2 N–H and O–H groups in total. The van der Waals surface area contributed by atoms with Gasteiger partial charge < -0.3 is 4.74 Å². The van der Waals surface area contributed by atoms with Crippen molar-refractivity contribution in [2.75, 3.05) is 0 Å². The van der Waals surface area contributed by atoms with Gasteiger partial charge >= 0.3 is 0 Å². The van der Waals surface area contributed by atoms with Gasteiger partial charge in [0.05, 0.1) is 10.1 Å². The number of hydrogen-bond acceptors (Lipinski definition) is 5. The van der Waals surface area contributed by atoms with Gasteiger partial charge in [-0.2, -0.15) is 0 Å². The molecule has 1 saturated carbocycles. The molecule has 27 heavy (non-hydrogen) atoms. The zero-order chi connectivity index (χ0) is 19.3. The first-order valence-corrected chi connectivity index (χ1v) is 10.5. The largest absolute Gasteiger partial charge is 0.457 e. The maximum Gasteiger partial charge on any atom is 0.243 e. The third-order valence-corrected chi connectivity index (χ3v) is 7.24. The molecular weight excluding hydrogens is 366 g/mol. The standard InChI is InChI=1S/C20H23NO5S/c22-20(21-23)14-15-6-10-18(11-7-15)27(24,25)19-12-8-17(9-13-19)26-16-4-2-1-3-5-16/h1-5,8-9,12-13,15,18,23H,6-7,10-11,14H2,(H,21,22). The van der Waals surface area contributed by atoms with Crippen LogP contribution >= 0.6 is 0 Å². The first-order valence-electron chi connectivity index (χ1n) is 8.99. The van der Waals surface area contributed by atoms with Gasteiger partial charge in [0.1, 0.15) is 11.5 Å². The third-order valence-electron chi connectivity index (χ3n) is 4.96. The Balaban J connectivity index is 1.62. The van der Waals surface area contributed by atoms with Gasteiger partial charge in [0.2, 0.25) is 5.91 Å². The molecule has 0 saturated heterocycles. The van der Waals surface area contributed by atoms with Crippen molar-refractivity contribution in [1.82, 2.24) is 5.48 Å². The predicted molar refractivity (Wildman–Crippen MR) is 100 cm³/mol. The SMILES string of the molecule is O=C(CC1CCC(S(=O)(=O)c2ccc(Oc3ccccc3)cc2)CC1)NO. The van der Waals surface area contributed by atoms with Crippen LogP contribution in [-0.4, -0.2) is 24.8 Å². The number of carbonyl (C=O) groups is 1. The smallest absolute Gasteiger partial charge is 0.243 e. The van der Waals surface area contributed by atoms with Crippen LogP contribution in [-0.2, 0) is 14.6 Å². The van der Waals surface area contributed by atoms with Crippen molar-refractivity contribution < 1.29 is 23.2 Å². The molecule has 0 atom stereocenters. The Hall–Kier alpha value is -2.38. The second kappa shape index (κ2) is 8.54. The van der Waals surface area contributed by atoms with E-state index in [2.05, 4.69) is 0 Å². The van der Waals surface area contributed by atoms with E-state index >= 15 is 0 Å². The lowest BCUT2D eigenvalue weighted by atomic mass is 9.86. The molecule has 7 heteroatoms. The van der Waals surface area contributed by atoms with Gasteiger partial charge in [-0.3, -0.25) is 10.0 Å². The Morgan fingerprint density at radius 1 is 0.963 bits per heavy atom. The van der Waals surface area contributed by atoms with Crippen LogP contribution in [0.2, 0.25) is 0 Å². The fourth-order valence-electron chi connectivity index (χ4n) is 3.47. The highest BCUT2D eigenvalue weighted by Gasteiger charge is 2.32. The maximum atomic E-state index is 12.9. The Bertz CT molecular complexity index is 857. The van der Waals surface area contributed by atoms with Crippen LogP contribution in [0.15, 0.2) is 59.5 Å². The summed E-state index contributed by atoms with van der Waals surface area (Å²) in [6.07, 6.45) is 2.59. The van der Waals surface area contributed by atoms with E-state index in [1.165, 1.54) is 0 Å². The molecule has 0 bridgehead atoms. The summed E-state index contributed by atoms with van der Waals surface area (Å²) < 4.78 is 31.5. The van der Waals surface area contributed by atoms with Gasteiger partial charge in [0.25, 0.3) is 0 Å². The van der Waals surface area contributed by atoms with E-state index in [9.17, 15) is 13.2 Å². The summed E-state index contributed by atoms with van der Waals surface area (Å²) in [5, 5.41) is 8.17. The summed E-state index contributed by atoms with van der Waals surface area (Å²) in [4.78, 5) is 11.5. The summed E-state index contributed by atoms with van der Waals surface area (Å²) in [5.41, 5.74) is 1.63. The minimum absolute atomic E-state index is 0.116. The van der Waals surface area contributed by atoms with E-state index < -0.39 is 21.0 Å². The van der Waals surface area contributed by atoms with Crippen LogP contribution < -0.4 is 10.2 Å². The number of carbonyl (C=O) groups excluding carboxylic acids is 1. The summed E-state index contributed by atoms with van der Waals surface area (Å²) in [7, 11) is -3.41. The zero-order valence-electron chi connectivity index (χ0n) is 14.9. The van der Waals surface area contributed by atoms with Crippen LogP contribution in [0.3, 0.4) is 0 Å². The minimum Gasteiger partial charge on any atom is -0.457 e. The van der Waals surface area contributed by atoms with E-state index in [0.717, 1.165) is 0 Å². The average molecular weight is 389 g/mol. The number of hydroxylamine groups is 1. The van der Waals surface area contributed by atoms with E-state index in [-0.39, 0.29) is 12.3 Å². The number of rotatable bonds is 6. The van der Waals surface area contributed by atoms with Crippen molar-refractivity contribution >= 4 is 15.7 Å². The molecular formula is C20H23NO5S. The van der Waals surface area contributed by atoms with Gasteiger partial charge in [0, 0.05) is 6.42 Å². The molecule has 6 nitrogen and oxygen atoms in total. The summed E-state index contributed by atoms with van der Waals surface area (Å²) in [5.74, 6) is 0.970. The first kappa shape index (κ1) is 19.4. The lowest BCUT2D eigenvalue weighted by Crippen LogP contribution is -2.30. The van der Waals surface area contributed by atoms with Gasteiger partial charge in [-0.05, 0) is 68.0 Å². The Kier molecular flexibility index (Phi) is 6.13. The first-order chi connectivity index (χ1) is 13.0. The number of hydrogen-bond donors (Lipinski definition) is 2. The molecule has 0 heterocycles. The molecule has 2 aromatic carbocycles. The topological polar surface area (TPSA) is 92.7 Å². The number of para-hydroxylation sites is 1. The maximum absolute atomic E-state index is 12.9. The zero-order valence-corrected chi connectivity index (χ0v) is 15.7. The van der Waals surface area contributed by atoms with Crippen LogP contribution in [0.4, 0.5) is 0 Å². The van der Waals surface area contributed by atoms with E-state index in [1.807, 2.05) is 30.3 Å². The van der Waals surface area contributed by atoms with Gasteiger partial charge in [-0.1, -0.05) is 18.2 Å². The predicted octanol–water partition coefficient (Wildman–Crippen LogP) is 3.71. The molecule has 0 aromatic heterocycles. The molecule has 3 rings (SSSR count). The monoisotopic (exact) mass is 389 g/mol. The van der Waals surface area contributed by atoms with Crippen molar-refractivity contribution in [3.8, 4) is 11.5 Å². The van der Waals surface area contributed by atoms with Crippen molar-refractivity contribution in [3.05, 3.63) is 54.6 Å². The molecule has 0 aliphatic heterocycles. The molecule has 2 aromatic rings. The number of nitrogens with one attached hydrogen (secondary N) is 1. The van der Waals surface area contributed by atoms with Crippen LogP contribution in [0.5, 0.6) is 11.5 Å². The van der Waals surface area contributed by atoms with Crippen molar-refractivity contribution in [2.24, 2.45) is 5.92 Å². The number of sulfone groups is 1. The molecule has 0 spiro atoms. The molecule has 144 valence electrons. The second-order valence-electron chi connectivity index (χ2n) is 6.81. The number of ether oxygens (including phenoxy) is 1. The van der Waals surface area contributed by atoms with Gasteiger partial charge in [-0.15, -0.1) is 0 Å². The Labute approximate surface area is 159 Å². The Morgan fingerprint density at radius 3 is 2.15 bits per heavy atom. The lowest BCUT2D eigenvalue weighted by molar-refractivity contribution is -0.130. The van der Waals surface area contributed by atoms with Crippen LogP contribution in [0.1, 0.15) is 32.1 Å². The van der Waals surface area contributed by atoms with Crippen molar-refractivity contribution in [3.63, 3.8) is 0 Å². The van der Waals surface area contributed by atoms with E-state index in [4.69, 9.17) is 9.94 Å². The van der Waals surface area contributed by atoms with Crippen LogP contribution in [0, 0.1) is 5.92 Å². The lowest BCUT2D eigenvalue weighted by Gasteiger charge is -2.27. The average Bonchev–Trinajstić information content (AvgIpc) is 2.69. The summed E-state index contributed by atoms with van der Waals surface area (Å²) >= 11 is 0. The van der Waals surface area contributed by atoms with Gasteiger partial charge in [-0.25, -0.2) is 13.9 Å². The van der Waals surface area contributed by atoms with Crippen molar-refractivity contribution in [1.29, 1.82) is 0 Å². The second-order valence-corrected chi connectivity index (χ2v) is 9.04. The highest BCUT2D eigenvalue weighted by Crippen LogP contribution is 2.34.